The molecular formula is C16H11BrN2OS. The molecule has 0 spiro atoms. The van der Waals surface area contributed by atoms with Gasteiger partial charge in [-0.1, -0.05) is 30.3 Å². The lowest BCUT2D eigenvalue weighted by molar-refractivity contribution is 0.102. The van der Waals surface area contributed by atoms with E-state index in [-0.39, 0.29) is 5.91 Å². The molecule has 0 saturated carbocycles. The molecule has 2 heterocycles. The van der Waals surface area contributed by atoms with Crippen LogP contribution in [-0.4, -0.2) is 10.9 Å². The van der Waals surface area contributed by atoms with Gasteiger partial charge in [-0.3, -0.25) is 4.79 Å². The average Bonchev–Trinajstić information content (AvgIpc) is 3.02. The van der Waals surface area contributed by atoms with E-state index in [4.69, 9.17) is 0 Å². The number of halogens is 1. The zero-order valence-electron chi connectivity index (χ0n) is 10.9. The van der Waals surface area contributed by atoms with E-state index < -0.39 is 0 Å². The largest absolute Gasteiger partial charge is 0.320 e. The molecule has 1 amide bonds. The predicted octanol–water partition coefficient (Wildman–Crippen LogP) is 4.82. The number of pyridine rings is 1. The molecule has 3 rings (SSSR count). The minimum atomic E-state index is -0.222. The quantitative estimate of drug-likeness (QED) is 0.681. The Morgan fingerprint density at radius 2 is 1.90 bits per heavy atom. The number of anilines is 1. The first kappa shape index (κ1) is 14.0. The van der Waals surface area contributed by atoms with Crippen LogP contribution in [0, 0.1) is 0 Å². The number of carbonyl (C=O) groups excluding carboxylic acids is 1. The number of hydrogen-bond acceptors (Lipinski definition) is 3. The third-order valence-corrected chi connectivity index (χ3v) is 4.25. The number of hydrogen-bond donors (Lipinski definition) is 1. The Morgan fingerprint density at radius 3 is 2.67 bits per heavy atom. The minimum absolute atomic E-state index is 0.222. The SMILES string of the molecule is O=C(Nc1ccccc1-c1cccs1)c1cccc(Br)n1. The zero-order valence-corrected chi connectivity index (χ0v) is 13.3. The Balaban J connectivity index is 1.90. The molecule has 21 heavy (non-hydrogen) atoms. The van der Waals surface area contributed by atoms with Crippen molar-refractivity contribution in [3.63, 3.8) is 0 Å². The van der Waals surface area contributed by atoms with Crippen molar-refractivity contribution >= 4 is 38.9 Å². The van der Waals surface area contributed by atoms with Crippen LogP contribution in [0.2, 0.25) is 0 Å². The number of thiophene rings is 1. The fourth-order valence-electron chi connectivity index (χ4n) is 1.96. The summed E-state index contributed by atoms with van der Waals surface area (Å²) in [6.07, 6.45) is 0. The Labute approximate surface area is 134 Å². The van der Waals surface area contributed by atoms with Crippen molar-refractivity contribution < 1.29 is 4.79 Å². The molecule has 1 aromatic carbocycles. The second kappa shape index (κ2) is 6.20. The molecule has 0 saturated heterocycles. The Morgan fingerprint density at radius 1 is 1.05 bits per heavy atom. The van der Waals surface area contributed by atoms with Gasteiger partial charge in [0.05, 0.1) is 0 Å². The lowest BCUT2D eigenvalue weighted by atomic mass is 10.1. The van der Waals surface area contributed by atoms with Crippen LogP contribution in [0.3, 0.4) is 0 Å². The minimum Gasteiger partial charge on any atom is -0.320 e. The lowest BCUT2D eigenvalue weighted by Gasteiger charge is -2.09. The summed E-state index contributed by atoms with van der Waals surface area (Å²) in [7, 11) is 0. The van der Waals surface area contributed by atoms with Crippen molar-refractivity contribution in [2.24, 2.45) is 0 Å². The number of nitrogens with one attached hydrogen (secondary N) is 1. The first-order valence-electron chi connectivity index (χ1n) is 6.31. The van der Waals surface area contributed by atoms with Crippen LogP contribution in [0.15, 0.2) is 64.6 Å². The van der Waals surface area contributed by atoms with Gasteiger partial charge < -0.3 is 5.32 Å². The van der Waals surface area contributed by atoms with Crippen LogP contribution in [0.1, 0.15) is 10.5 Å². The van der Waals surface area contributed by atoms with E-state index in [1.165, 1.54) is 0 Å². The molecule has 2 aromatic heterocycles. The van der Waals surface area contributed by atoms with Gasteiger partial charge in [0.25, 0.3) is 5.91 Å². The van der Waals surface area contributed by atoms with Crippen molar-refractivity contribution in [3.8, 4) is 10.4 Å². The van der Waals surface area contributed by atoms with Crippen molar-refractivity contribution in [2.45, 2.75) is 0 Å². The molecule has 0 aliphatic rings. The molecule has 0 fully saturated rings. The summed E-state index contributed by atoms with van der Waals surface area (Å²) < 4.78 is 0.640. The fourth-order valence-corrected chi connectivity index (χ4v) is 3.07. The zero-order chi connectivity index (χ0) is 14.7. The molecule has 3 nitrogen and oxygen atoms in total. The van der Waals surface area contributed by atoms with Gasteiger partial charge in [-0.15, -0.1) is 11.3 Å². The number of amides is 1. The van der Waals surface area contributed by atoms with Crippen LogP contribution >= 0.6 is 27.3 Å². The summed E-state index contributed by atoms with van der Waals surface area (Å²) in [5, 5.41) is 4.94. The fraction of sp³-hybridized carbons (Fsp3) is 0. The molecule has 0 atom stereocenters. The molecule has 5 heteroatoms. The smallest absolute Gasteiger partial charge is 0.274 e. The number of aromatic nitrogens is 1. The maximum absolute atomic E-state index is 12.3. The highest BCUT2D eigenvalue weighted by molar-refractivity contribution is 9.10. The summed E-state index contributed by atoms with van der Waals surface area (Å²) in [6, 6.07) is 17.0. The van der Waals surface area contributed by atoms with E-state index in [2.05, 4.69) is 26.2 Å². The molecule has 0 aliphatic carbocycles. The van der Waals surface area contributed by atoms with E-state index in [1.807, 2.05) is 41.8 Å². The summed E-state index contributed by atoms with van der Waals surface area (Å²) in [4.78, 5) is 17.6. The Kier molecular flexibility index (Phi) is 4.13. The highest BCUT2D eigenvalue weighted by Gasteiger charge is 2.11. The highest BCUT2D eigenvalue weighted by atomic mass is 79.9. The van der Waals surface area contributed by atoms with Gasteiger partial charge in [-0.05, 0) is 45.6 Å². The van der Waals surface area contributed by atoms with Crippen molar-refractivity contribution in [1.29, 1.82) is 0 Å². The van der Waals surface area contributed by atoms with Crippen molar-refractivity contribution in [2.75, 3.05) is 5.32 Å². The van der Waals surface area contributed by atoms with Gasteiger partial charge in [-0.25, -0.2) is 4.98 Å². The van der Waals surface area contributed by atoms with Gasteiger partial charge in [0.2, 0.25) is 0 Å². The van der Waals surface area contributed by atoms with Crippen LogP contribution in [0.25, 0.3) is 10.4 Å². The first-order chi connectivity index (χ1) is 10.2. The summed E-state index contributed by atoms with van der Waals surface area (Å²) >= 11 is 4.91. The monoisotopic (exact) mass is 358 g/mol. The maximum atomic E-state index is 12.3. The number of carbonyl (C=O) groups is 1. The summed E-state index contributed by atoms with van der Waals surface area (Å²) in [5.41, 5.74) is 2.17. The number of para-hydroxylation sites is 1. The lowest BCUT2D eigenvalue weighted by Crippen LogP contribution is -2.14. The van der Waals surface area contributed by atoms with E-state index in [0.29, 0.717) is 10.3 Å². The van der Waals surface area contributed by atoms with E-state index in [1.54, 1.807) is 29.5 Å². The van der Waals surface area contributed by atoms with E-state index in [9.17, 15) is 4.79 Å². The molecule has 0 bridgehead atoms. The highest BCUT2D eigenvalue weighted by Crippen LogP contribution is 2.31. The normalized spacial score (nSPS) is 10.3. The van der Waals surface area contributed by atoms with Gasteiger partial charge >= 0.3 is 0 Å². The second-order valence-corrected chi connectivity index (χ2v) is 6.08. The van der Waals surface area contributed by atoms with Gasteiger partial charge in [0.15, 0.2) is 0 Å². The number of benzene rings is 1. The molecule has 0 unspecified atom stereocenters. The standard InChI is InChI=1S/C16H11BrN2OS/c17-15-9-3-7-13(18-15)16(20)19-12-6-2-1-5-11(12)14-8-4-10-21-14/h1-10H,(H,19,20). The summed E-state index contributed by atoms with van der Waals surface area (Å²) in [5.74, 6) is -0.222. The first-order valence-corrected chi connectivity index (χ1v) is 7.98. The van der Waals surface area contributed by atoms with E-state index in [0.717, 1.165) is 16.1 Å². The molecule has 0 aliphatic heterocycles. The number of nitrogens with zero attached hydrogens (tertiary/aromatic N) is 1. The van der Waals surface area contributed by atoms with Gasteiger partial charge in [-0.2, -0.15) is 0 Å². The third-order valence-electron chi connectivity index (χ3n) is 2.91. The topological polar surface area (TPSA) is 42.0 Å². The van der Waals surface area contributed by atoms with Crippen LogP contribution < -0.4 is 5.32 Å². The molecule has 0 radical (unpaired) electrons. The maximum Gasteiger partial charge on any atom is 0.274 e. The van der Waals surface area contributed by atoms with Gasteiger partial charge in [0.1, 0.15) is 10.3 Å². The Hall–Kier alpha value is -1.98. The average molecular weight is 359 g/mol. The summed E-state index contributed by atoms with van der Waals surface area (Å²) in [6.45, 7) is 0. The van der Waals surface area contributed by atoms with E-state index >= 15 is 0 Å². The van der Waals surface area contributed by atoms with Crippen molar-refractivity contribution in [3.05, 3.63) is 70.3 Å². The third kappa shape index (κ3) is 3.20. The molecule has 1 N–H and O–H groups in total. The van der Waals surface area contributed by atoms with Crippen molar-refractivity contribution in [1.82, 2.24) is 4.98 Å². The molecule has 3 aromatic rings. The van der Waals surface area contributed by atoms with Crippen LogP contribution in [-0.2, 0) is 0 Å². The molecular weight excluding hydrogens is 348 g/mol. The molecule has 104 valence electrons. The van der Waals surface area contributed by atoms with Gasteiger partial charge in [0, 0.05) is 16.1 Å². The van der Waals surface area contributed by atoms with Crippen LogP contribution in [0.5, 0.6) is 0 Å². The Bertz CT molecular complexity index is 771. The van der Waals surface area contributed by atoms with Crippen LogP contribution in [0.4, 0.5) is 5.69 Å². The number of rotatable bonds is 3. The second-order valence-electron chi connectivity index (χ2n) is 4.32. The predicted molar refractivity (Wildman–Crippen MR) is 89.6 cm³/mol.